The molecular formula is C27H35N3O4S2. The second-order valence-electron chi connectivity index (χ2n) is 9.60. The van der Waals surface area contributed by atoms with Crippen LogP contribution >= 0.6 is 23.1 Å². The number of methoxy groups -OCH3 is 1. The molecule has 1 saturated heterocycles. The lowest BCUT2D eigenvalue weighted by atomic mass is 9.74. The van der Waals surface area contributed by atoms with Crippen molar-refractivity contribution in [3.05, 3.63) is 47.5 Å². The Morgan fingerprint density at radius 1 is 1.31 bits per heavy atom. The zero-order valence-corrected chi connectivity index (χ0v) is 22.8. The highest BCUT2D eigenvalue weighted by molar-refractivity contribution is 8.01. The smallest absolute Gasteiger partial charge is 0.309 e. The first-order valence-electron chi connectivity index (χ1n) is 12.3. The van der Waals surface area contributed by atoms with E-state index in [2.05, 4.69) is 27.4 Å². The summed E-state index contributed by atoms with van der Waals surface area (Å²) in [6, 6.07) is 9.84. The van der Waals surface area contributed by atoms with E-state index in [0.717, 1.165) is 47.5 Å². The highest BCUT2D eigenvalue weighted by Gasteiger charge is 2.41. The summed E-state index contributed by atoms with van der Waals surface area (Å²) in [6.07, 6.45) is 2.97. The van der Waals surface area contributed by atoms with Crippen LogP contribution in [0.4, 0.5) is 5.69 Å². The number of nitrogens with zero attached hydrogens (tertiary/aromatic N) is 3. The van der Waals surface area contributed by atoms with Gasteiger partial charge in [0.15, 0.2) is 0 Å². The zero-order chi connectivity index (χ0) is 25.7. The molecule has 1 aromatic carbocycles. The number of piperidine rings is 1. The third-order valence-corrected chi connectivity index (χ3v) is 9.33. The summed E-state index contributed by atoms with van der Waals surface area (Å²) in [5.74, 6) is 0.947. The van der Waals surface area contributed by atoms with Gasteiger partial charge in [0.25, 0.3) is 0 Å². The van der Waals surface area contributed by atoms with E-state index in [9.17, 15) is 15.0 Å². The lowest BCUT2D eigenvalue weighted by Crippen LogP contribution is -2.45. The molecule has 1 unspecified atom stereocenters. The molecule has 0 aliphatic carbocycles. The van der Waals surface area contributed by atoms with Crippen LogP contribution in [0.1, 0.15) is 37.4 Å². The standard InChI is InChI=1S/C27H35N3O4S2/c1-29(2)22-18-28-21-7-6-19(34-3)17-20(21)25(22)23(31)8-9-27(26(32)33)10-12-30(13-11-27)14-16-36-24-5-4-15-35-24/h4-7,15,17-18,23,31H,8-14,16H2,1-3H3,(H,32,33). The number of hydrogen-bond donors (Lipinski definition) is 2. The average Bonchev–Trinajstić information content (AvgIpc) is 3.40. The van der Waals surface area contributed by atoms with Gasteiger partial charge in [-0.25, -0.2) is 0 Å². The van der Waals surface area contributed by atoms with Crippen LogP contribution in [0.5, 0.6) is 5.75 Å². The number of thioether (sulfide) groups is 1. The maximum Gasteiger partial charge on any atom is 0.309 e. The third kappa shape index (κ3) is 5.96. The maximum atomic E-state index is 12.4. The molecule has 3 aromatic rings. The van der Waals surface area contributed by atoms with E-state index in [4.69, 9.17) is 4.74 Å². The Labute approximate surface area is 221 Å². The van der Waals surface area contributed by atoms with E-state index >= 15 is 0 Å². The Bertz CT molecular complexity index is 1160. The van der Waals surface area contributed by atoms with E-state index in [0.29, 0.717) is 31.4 Å². The number of aliphatic hydroxyl groups is 1. The Morgan fingerprint density at radius 3 is 2.72 bits per heavy atom. The number of benzene rings is 1. The van der Waals surface area contributed by atoms with Gasteiger partial charge in [0.1, 0.15) is 5.75 Å². The molecule has 1 aliphatic heterocycles. The van der Waals surface area contributed by atoms with Crippen molar-refractivity contribution < 1.29 is 19.7 Å². The molecule has 36 heavy (non-hydrogen) atoms. The number of carboxylic acids is 1. The average molecular weight is 530 g/mol. The number of ether oxygens (including phenoxy) is 1. The molecular weight excluding hydrogens is 494 g/mol. The van der Waals surface area contributed by atoms with Crippen molar-refractivity contribution >= 4 is 45.7 Å². The Morgan fingerprint density at radius 2 is 2.08 bits per heavy atom. The fraction of sp³-hybridized carbons (Fsp3) is 0.481. The van der Waals surface area contributed by atoms with Crippen LogP contribution in [0.15, 0.2) is 46.1 Å². The van der Waals surface area contributed by atoms with Crippen molar-refractivity contribution in [1.29, 1.82) is 0 Å². The van der Waals surface area contributed by atoms with Gasteiger partial charge in [-0.05, 0) is 68.4 Å². The number of aromatic nitrogens is 1. The molecule has 0 amide bonds. The topological polar surface area (TPSA) is 86.1 Å². The van der Waals surface area contributed by atoms with Crippen molar-refractivity contribution in [3.63, 3.8) is 0 Å². The Hall–Kier alpha value is -2.33. The molecule has 4 rings (SSSR count). The molecule has 194 valence electrons. The highest BCUT2D eigenvalue weighted by atomic mass is 32.2. The Kier molecular flexibility index (Phi) is 8.77. The largest absolute Gasteiger partial charge is 0.497 e. The summed E-state index contributed by atoms with van der Waals surface area (Å²) >= 11 is 3.61. The van der Waals surface area contributed by atoms with Gasteiger partial charge in [-0.2, -0.15) is 0 Å². The lowest BCUT2D eigenvalue weighted by molar-refractivity contribution is -0.153. The number of hydrogen-bond acceptors (Lipinski definition) is 8. The number of carboxylic acid groups (broad SMARTS) is 1. The number of carbonyl (C=O) groups is 1. The minimum absolute atomic E-state index is 0.373. The summed E-state index contributed by atoms with van der Waals surface area (Å²) < 4.78 is 6.73. The second kappa shape index (κ2) is 11.8. The van der Waals surface area contributed by atoms with Crippen molar-refractivity contribution in [2.45, 2.75) is 36.0 Å². The van der Waals surface area contributed by atoms with Crippen LogP contribution < -0.4 is 9.64 Å². The summed E-state index contributed by atoms with van der Waals surface area (Å²) in [6.45, 7) is 2.50. The van der Waals surface area contributed by atoms with Crippen molar-refractivity contribution in [2.24, 2.45) is 5.41 Å². The van der Waals surface area contributed by atoms with Crippen LogP contribution in [-0.2, 0) is 4.79 Å². The summed E-state index contributed by atoms with van der Waals surface area (Å²) in [7, 11) is 5.46. The predicted molar refractivity (Wildman–Crippen MR) is 148 cm³/mol. The molecule has 1 fully saturated rings. The number of rotatable bonds is 11. The molecule has 2 aromatic heterocycles. The van der Waals surface area contributed by atoms with E-state index < -0.39 is 17.5 Å². The molecule has 0 saturated carbocycles. The fourth-order valence-electron chi connectivity index (χ4n) is 4.97. The number of likely N-dealkylation sites (tertiary alicyclic amines) is 1. The number of aliphatic hydroxyl groups excluding tert-OH is 1. The van der Waals surface area contributed by atoms with Crippen LogP contribution in [0.2, 0.25) is 0 Å². The van der Waals surface area contributed by atoms with Crippen molar-refractivity contribution in [1.82, 2.24) is 9.88 Å². The molecule has 0 spiro atoms. The molecule has 1 atom stereocenters. The van der Waals surface area contributed by atoms with Crippen LogP contribution in [-0.4, -0.2) is 72.7 Å². The van der Waals surface area contributed by atoms with Crippen molar-refractivity contribution in [2.75, 3.05) is 51.5 Å². The third-order valence-electron chi connectivity index (χ3n) is 7.22. The Balaban J connectivity index is 1.44. The lowest BCUT2D eigenvalue weighted by Gasteiger charge is -2.39. The van der Waals surface area contributed by atoms with Gasteiger partial charge in [0, 0.05) is 37.3 Å². The quantitative estimate of drug-likeness (QED) is 0.330. The maximum absolute atomic E-state index is 12.4. The van der Waals surface area contributed by atoms with E-state index in [-0.39, 0.29) is 0 Å². The number of fused-ring (bicyclic) bond motifs is 1. The minimum Gasteiger partial charge on any atom is -0.497 e. The van der Waals surface area contributed by atoms with Gasteiger partial charge in [-0.1, -0.05) is 6.07 Å². The van der Waals surface area contributed by atoms with Gasteiger partial charge in [0.2, 0.25) is 0 Å². The molecule has 3 heterocycles. The van der Waals surface area contributed by atoms with E-state index in [1.54, 1.807) is 24.6 Å². The first kappa shape index (κ1) is 26.7. The molecule has 9 heteroatoms. The van der Waals surface area contributed by atoms with E-state index in [1.807, 2.05) is 49.0 Å². The van der Waals surface area contributed by atoms with Crippen molar-refractivity contribution in [3.8, 4) is 5.75 Å². The van der Waals surface area contributed by atoms with E-state index in [1.165, 1.54) is 4.21 Å². The molecule has 0 bridgehead atoms. The van der Waals surface area contributed by atoms with Gasteiger partial charge in [0.05, 0.1) is 40.2 Å². The predicted octanol–water partition coefficient (Wildman–Crippen LogP) is 5.14. The minimum atomic E-state index is -0.809. The summed E-state index contributed by atoms with van der Waals surface area (Å²) in [4.78, 5) is 21.3. The molecule has 7 nitrogen and oxygen atoms in total. The monoisotopic (exact) mass is 529 g/mol. The van der Waals surface area contributed by atoms with Gasteiger partial charge >= 0.3 is 5.97 Å². The number of aliphatic carboxylic acids is 1. The van der Waals surface area contributed by atoms with Gasteiger partial charge < -0.3 is 24.7 Å². The number of anilines is 1. The SMILES string of the molecule is COc1ccc2ncc(N(C)C)c(C(O)CCC3(C(=O)O)CCN(CCSc4cccs4)CC3)c2c1. The first-order chi connectivity index (χ1) is 17.3. The normalized spacial score (nSPS) is 16.7. The van der Waals surface area contributed by atoms with Gasteiger partial charge in [-0.3, -0.25) is 9.78 Å². The molecule has 0 radical (unpaired) electrons. The van der Waals surface area contributed by atoms with Crippen LogP contribution in [0.3, 0.4) is 0 Å². The number of pyridine rings is 1. The molecule has 1 aliphatic rings. The van der Waals surface area contributed by atoms with Crippen LogP contribution in [0.25, 0.3) is 10.9 Å². The summed E-state index contributed by atoms with van der Waals surface area (Å²) in [5, 5.41) is 24.5. The zero-order valence-electron chi connectivity index (χ0n) is 21.1. The second-order valence-corrected chi connectivity index (χ2v) is 11.9. The summed E-state index contributed by atoms with van der Waals surface area (Å²) in [5.41, 5.74) is 1.56. The highest BCUT2D eigenvalue weighted by Crippen LogP contribution is 2.41. The van der Waals surface area contributed by atoms with Crippen LogP contribution in [0, 0.1) is 5.41 Å². The first-order valence-corrected chi connectivity index (χ1v) is 14.1. The van der Waals surface area contributed by atoms with Gasteiger partial charge in [-0.15, -0.1) is 23.1 Å². The number of thiophene rings is 1. The fourth-order valence-corrected chi connectivity index (χ4v) is 6.83. The molecule has 2 N–H and O–H groups in total.